The Kier molecular flexibility index (Phi) is 8.09. The molecule has 0 saturated carbocycles. The quantitative estimate of drug-likeness (QED) is 0.197. The summed E-state index contributed by atoms with van der Waals surface area (Å²) < 4.78 is 110. The van der Waals surface area contributed by atoms with Crippen LogP contribution in [0.15, 0.2) is 54.6 Å². The zero-order chi connectivity index (χ0) is 27.6. The summed E-state index contributed by atoms with van der Waals surface area (Å²) in [5, 5.41) is 0.854. The largest absolute Gasteiger partial charge is 0.422 e. The number of fused-ring (bicyclic) bond motifs is 1. The number of hydrogen-bond donors (Lipinski definition) is 0. The van der Waals surface area contributed by atoms with Gasteiger partial charge in [-0.2, -0.15) is 13.2 Å². The third-order valence-electron chi connectivity index (χ3n) is 6.57. The predicted octanol–water partition coefficient (Wildman–Crippen LogP) is 9.08. The highest BCUT2D eigenvalue weighted by Gasteiger charge is 2.37. The van der Waals surface area contributed by atoms with Gasteiger partial charge in [0.2, 0.25) is 0 Å². The number of rotatable bonds is 8. The van der Waals surface area contributed by atoms with Crippen molar-refractivity contribution < 1.29 is 35.1 Å². The van der Waals surface area contributed by atoms with Gasteiger partial charge in [0.1, 0.15) is 34.6 Å². The maximum atomic E-state index is 15.1. The van der Waals surface area contributed by atoms with Gasteiger partial charge in [-0.1, -0.05) is 43.7 Å². The van der Waals surface area contributed by atoms with E-state index in [0.29, 0.717) is 35.9 Å². The van der Waals surface area contributed by atoms with Crippen LogP contribution in [0.2, 0.25) is 0 Å². The van der Waals surface area contributed by atoms with Gasteiger partial charge < -0.3 is 0 Å². The summed E-state index contributed by atoms with van der Waals surface area (Å²) in [6.45, 7) is 1.93. The van der Waals surface area contributed by atoms with E-state index in [2.05, 4.69) is 0 Å². The van der Waals surface area contributed by atoms with Crippen LogP contribution >= 0.6 is 0 Å². The second-order valence-electron chi connectivity index (χ2n) is 9.31. The first-order valence-corrected chi connectivity index (χ1v) is 12.2. The maximum Gasteiger partial charge on any atom is 0.422 e. The lowest BCUT2D eigenvalue weighted by Gasteiger charge is -2.12. The van der Waals surface area contributed by atoms with Crippen molar-refractivity contribution in [2.75, 3.05) is 0 Å². The minimum Gasteiger partial charge on any atom is -0.207 e. The molecule has 0 atom stereocenters. The van der Waals surface area contributed by atoms with E-state index in [9.17, 15) is 30.7 Å². The Morgan fingerprint density at radius 1 is 0.579 bits per heavy atom. The SMILES string of the molecule is CCCc1cc(F)c(CCc2ccc3c(F)c(CCc4cc(F)c(C(F)(F)F)c(F)c4)ccc3c2)c(F)c1. The van der Waals surface area contributed by atoms with Gasteiger partial charge in [0.05, 0.1) is 0 Å². The first-order chi connectivity index (χ1) is 18.0. The smallest absolute Gasteiger partial charge is 0.207 e. The molecule has 0 aromatic heterocycles. The van der Waals surface area contributed by atoms with E-state index in [-0.39, 0.29) is 41.3 Å². The fourth-order valence-electron chi connectivity index (χ4n) is 4.65. The Bertz CT molecular complexity index is 1420. The normalized spacial score (nSPS) is 11.9. The molecule has 0 unspecified atom stereocenters. The van der Waals surface area contributed by atoms with E-state index >= 15 is 4.39 Å². The van der Waals surface area contributed by atoms with Crippen LogP contribution in [0.5, 0.6) is 0 Å². The van der Waals surface area contributed by atoms with E-state index in [1.807, 2.05) is 6.92 Å². The topological polar surface area (TPSA) is 0 Å². The van der Waals surface area contributed by atoms with Crippen LogP contribution in [0.25, 0.3) is 10.8 Å². The molecule has 4 rings (SSSR count). The molecule has 4 aromatic carbocycles. The molecular weight excluding hydrogens is 512 g/mol. The molecule has 0 amide bonds. The minimum absolute atomic E-state index is 0.00242. The van der Waals surface area contributed by atoms with Crippen LogP contribution < -0.4 is 0 Å². The van der Waals surface area contributed by atoms with Crippen LogP contribution in [0, 0.1) is 29.1 Å². The summed E-state index contributed by atoms with van der Waals surface area (Å²) in [5.74, 6) is -5.15. The van der Waals surface area contributed by atoms with Gasteiger partial charge in [-0.15, -0.1) is 0 Å². The lowest BCUT2D eigenvalue weighted by molar-refractivity contribution is -0.142. The molecule has 0 aliphatic heterocycles. The van der Waals surface area contributed by atoms with E-state index < -0.39 is 40.8 Å². The molecule has 0 radical (unpaired) electrons. The molecule has 0 N–H and O–H groups in total. The van der Waals surface area contributed by atoms with E-state index in [1.165, 1.54) is 18.2 Å². The van der Waals surface area contributed by atoms with Gasteiger partial charge in [0.15, 0.2) is 0 Å². The fraction of sp³-hybridized carbons (Fsp3) is 0.267. The van der Waals surface area contributed by atoms with Crippen LogP contribution in [-0.2, 0) is 38.3 Å². The predicted molar refractivity (Wildman–Crippen MR) is 130 cm³/mol. The molecule has 0 nitrogen and oxygen atoms in total. The third kappa shape index (κ3) is 6.00. The van der Waals surface area contributed by atoms with Gasteiger partial charge in [0.25, 0.3) is 0 Å². The van der Waals surface area contributed by atoms with Gasteiger partial charge in [-0.05, 0) is 84.0 Å². The first-order valence-electron chi connectivity index (χ1n) is 12.2. The number of halogens is 8. The molecule has 0 fully saturated rings. The first kappa shape index (κ1) is 27.6. The fourth-order valence-corrected chi connectivity index (χ4v) is 4.65. The van der Waals surface area contributed by atoms with Crippen molar-refractivity contribution in [1.82, 2.24) is 0 Å². The van der Waals surface area contributed by atoms with E-state index in [0.717, 1.165) is 12.0 Å². The van der Waals surface area contributed by atoms with E-state index in [1.54, 1.807) is 24.3 Å². The highest BCUT2D eigenvalue weighted by atomic mass is 19.4. The van der Waals surface area contributed by atoms with Crippen molar-refractivity contribution in [2.45, 2.75) is 51.6 Å². The number of hydrogen-bond acceptors (Lipinski definition) is 0. The molecule has 0 saturated heterocycles. The van der Waals surface area contributed by atoms with Crippen molar-refractivity contribution in [3.63, 3.8) is 0 Å². The van der Waals surface area contributed by atoms with Crippen LogP contribution in [0.1, 0.15) is 46.7 Å². The second kappa shape index (κ2) is 11.1. The highest BCUT2D eigenvalue weighted by molar-refractivity contribution is 5.84. The van der Waals surface area contributed by atoms with Crippen molar-refractivity contribution in [1.29, 1.82) is 0 Å². The Hall–Kier alpha value is -3.42. The Balaban J connectivity index is 1.48. The zero-order valence-electron chi connectivity index (χ0n) is 20.5. The van der Waals surface area contributed by atoms with Gasteiger partial charge >= 0.3 is 6.18 Å². The highest BCUT2D eigenvalue weighted by Crippen LogP contribution is 2.34. The zero-order valence-corrected chi connectivity index (χ0v) is 20.5. The van der Waals surface area contributed by atoms with Gasteiger partial charge in [-0.25, -0.2) is 22.0 Å². The Labute approximate surface area is 214 Å². The molecule has 4 aromatic rings. The number of alkyl halides is 3. The lowest BCUT2D eigenvalue weighted by atomic mass is 9.96. The Morgan fingerprint density at radius 3 is 1.76 bits per heavy atom. The van der Waals surface area contributed by atoms with E-state index in [4.69, 9.17) is 0 Å². The summed E-state index contributed by atoms with van der Waals surface area (Å²) in [4.78, 5) is 0. The third-order valence-corrected chi connectivity index (χ3v) is 6.57. The van der Waals surface area contributed by atoms with Crippen LogP contribution in [0.4, 0.5) is 35.1 Å². The second-order valence-corrected chi connectivity index (χ2v) is 9.31. The van der Waals surface area contributed by atoms with Gasteiger partial charge in [-0.3, -0.25) is 0 Å². The molecule has 8 heteroatoms. The number of aryl methyl sites for hydroxylation is 4. The summed E-state index contributed by atoms with van der Waals surface area (Å²) in [6.07, 6.45) is -3.37. The summed E-state index contributed by atoms with van der Waals surface area (Å²) in [7, 11) is 0. The Morgan fingerprint density at radius 2 is 1.16 bits per heavy atom. The molecule has 200 valence electrons. The monoisotopic (exact) mass is 536 g/mol. The van der Waals surface area contributed by atoms with Crippen molar-refractivity contribution >= 4 is 10.8 Å². The molecule has 0 aliphatic rings. The van der Waals surface area contributed by atoms with Gasteiger partial charge in [0, 0.05) is 10.9 Å². The van der Waals surface area contributed by atoms with Crippen molar-refractivity contribution in [2.24, 2.45) is 0 Å². The molecule has 38 heavy (non-hydrogen) atoms. The van der Waals surface area contributed by atoms with Crippen LogP contribution in [-0.4, -0.2) is 0 Å². The number of benzene rings is 4. The molecule has 0 heterocycles. The average Bonchev–Trinajstić information content (AvgIpc) is 2.82. The summed E-state index contributed by atoms with van der Waals surface area (Å²) >= 11 is 0. The minimum atomic E-state index is -5.16. The van der Waals surface area contributed by atoms with Crippen molar-refractivity contribution in [3.05, 3.63) is 117 Å². The molecule has 0 spiro atoms. The molecular formula is C30H24F8. The maximum absolute atomic E-state index is 15.1. The molecule has 0 bridgehead atoms. The van der Waals surface area contributed by atoms with Crippen molar-refractivity contribution in [3.8, 4) is 0 Å². The summed E-state index contributed by atoms with van der Waals surface area (Å²) in [6, 6.07) is 12.0. The molecule has 0 aliphatic carbocycles. The standard InChI is InChI=1S/C30H24F8/c1-2-3-18-13-24(31)23(25(32)14-18)11-6-17-5-10-22-21(12-17)9-8-20(29(22)35)7-4-19-15-26(33)28(27(34)16-19)30(36,37)38/h5,8-10,12-16H,2-4,6-7,11H2,1H3. The average molecular weight is 537 g/mol. The lowest BCUT2D eigenvalue weighted by Crippen LogP contribution is -2.12. The summed E-state index contributed by atoms with van der Waals surface area (Å²) in [5.41, 5.74) is -0.364. The van der Waals surface area contributed by atoms with Crippen LogP contribution in [0.3, 0.4) is 0 Å².